The zero-order valence-corrected chi connectivity index (χ0v) is 35.8. The van der Waals surface area contributed by atoms with Crippen LogP contribution >= 0.6 is 0 Å². The first-order valence-corrected chi connectivity index (χ1v) is 20.5. The molecular weight excluding hydrogens is 748 g/mol. The summed E-state index contributed by atoms with van der Waals surface area (Å²) in [5.74, 6) is -3.23. The molecule has 58 heavy (non-hydrogen) atoms. The van der Waals surface area contributed by atoms with Gasteiger partial charge in [0, 0.05) is 0 Å². The van der Waals surface area contributed by atoms with Crippen LogP contribution in [-0.4, -0.2) is 85.3 Å². The summed E-state index contributed by atoms with van der Waals surface area (Å²) in [5, 5.41) is 19.7. The van der Waals surface area contributed by atoms with Crippen molar-refractivity contribution >= 4 is 35.9 Å². The van der Waals surface area contributed by atoms with Gasteiger partial charge in [-0.3, -0.25) is 9.59 Å². The highest BCUT2D eigenvalue weighted by atomic mass is 16.6. The summed E-state index contributed by atoms with van der Waals surface area (Å²) in [6, 6.07) is 16.1. The number of methoxy groups -OCH3 is 1. The van der Waals surface area contributed by atoms with Crippen LogP contribution in [0.1, 0.15) is 141 Å². The van der Waals surface area contributed by atoms with E-state index in [1.165, 1.54) is 38.9 Å². The molecule has 1 atom stereocenters. The molecule has 0 spiro atoms. The lowest BCUT2D eigenvalue weighted by Gasteiger charge is -2.23. The van der Waals surface area contributed by atoms with Crippen molar-refractivity contribution in [1.29, 1.82) is 0 Å². The van der Waals surface area contributed by atoms with Gasteiger partial charge in [0.2, 0.25) is 5.76 Å². The molecule has 0 fully saturated rings. The monoisotopic (exact) mass is 816 g/mol. The molecule has 0 radical (unpaired) electrons. The smallest absolute Gasteiger partial charge is 0.373 e. The van der Waals surface area contributed by atoms with Crippen molar-refractivity contribution in [3.8, 4) is 5.75 Å². The normalized spacial score (nSPS) is 11.3. The van der Waals surface area contributed by atoms with Crippen LogP contribution < -0.4 is 0 Å². The summed E-state index contributed by atoms with van der Waals surface area (Å²) in [4.78, 5) is 58.2. The number of aromatic hydroxyl groups is 1. The minimum absolute atomic E-state index is 0.0206. The Kier molecular flexibility index (Phi) is 30.3. The third kappa shape index (κ3) is 24.0. The van der Waals surface area contributed by atoms with Gasteiger partial charge in [-0.2, -0.15) is 0 Å². The van der Waals surface area contributed by atoms with Crippen LogP contribution in [0, 0.1) is 0 Å². The highest BCUT2D eigenvalue weighted by Crippen LogP contribution is 2.21. The predicted molar refractivity (Wildman–Crippen MR) is 222 cm³/mol. The van der Waals surface area contributed by atoms with Crippen LogP contribution in [0.5, 0.6) is 5.75 Å². The molecule has 0 amide bonds. The molecule has 326 valence electrons. The second kappa shape index (κ2) is 33.1. The summed E-state index contributed by atoms with van der Waals surface area (Å²) < 4.78 is 29.7. The van der Waals surface area contributed by atoms with Gasteiger partial charge in [-0.1, -0.05) is 108 Å². The molecule has 2 N–H and O–H groups in total. The van der Waals surface area contributed by atoms with Crippen LogP contribution in [0.3, 0.4) is 0 Å². The maximum atomic E-state index is 11.9. The van der Waals surface area contributed by atoms with Crippen molar-refractivity contribution in [2.45, 2.75) is 137 Å². The summed E-state index contributed by atoms with van der Waals surface area (Å²) in [5.41, 5.74) is -1.09. The fourth-order valence-corrected chi connectivity index (χ4v) is 5.22. The Bertz CT molecular complexity index is 1450. The number of hydrogen-bond donors (Lipinski definition) is 2. The van der Waals surface area contributed by atoms with Gasteiger partial charge in [0.05, 0.1) is 46.4 Å². The van der Waals surface area contributed by atoms with Crippen molar-refractivity contribution in [3.05, 3.63) is 71.5 Å². The van der Waals surface area contributed by atoms with Gasteiger partial charge in [0.25, 0.3) is 0 Å². The van der Waals surface area contributed by atoms with Gasteiger partial charge in [-0.15, -0.1) is 0 Å². The number of benzene rings is 2. The minimum Gasteiger partial charge on any atom is -0.507 e. The van der Waals surface area contributed by atoms with Crippen molar-refractivity contribution in [3.63, 3.8) is 0 Å². The quantitative estimate of drug-likeness (QED) is 0.0320. The molecule has 0 saturated carbocycles. The van der Waals surface area contributed by atoms with Gasteiger partial charge < -0.3 is 38.6 Å². The molecule has 1 unspecified atom stereocenters. The fraction of sp³-hybridized carbons (Fsp3) is 0.578. The van der Waals surface area contributed by atoms with Crippen LogP contribution in [0.2, 0.25) is 0 Å². The van der Waals surface area contributed by atoms with E-state index in [1.54, 1.807) is 45.0 Å². The number of hydrogen-bond acceptors (Lipinski definition) is 13. The van der Waals surface area contributed by atoms with E-state index in [0.717, 1.165) is 50.5 Å². The average Bonchev–Trinajstić information content (AvgIpc) is 3.20. The molecule has 13 heteroatoms. The molecule has 2 aromatic carbocycles. The maximum Gasteiger partial charge on any atom is 0.373 e. The third-order valence-electron chi connectivity index (χ3n) is 8.37. The molecule has 0 saturated heterocycles. The van der Waals surface area contributed by atoms with E-state index in [0.29, 0.717) is 6.61 Å². The molecule has 0 aliphatic carbocycles. The number of carbonyl (C=O) groups excluding carboxylic acids is 5. The van der Waals surface area contributed by atoms with Crippen LogP contribution in [-0.2, 0) is 47.6 Å². The molecule has 0 aromatic heterocycles. The molecular formula is C45H68O13. The minimum atomic E-state index is -2.26. The number of esters is 5. The van der Waals surface area contributed by atoms with Gasteiger partial charge >= 0.3 is 29.8 Å². The zero-order chi connectivity index (χ0) is 43.6. The van der Waals surface area contributed by atoms with Gasteiger partial charge in [-0.05, 0) is 70.2 Å². The van der Waals surface area contributed by atoms with Crippen molar-refractivity contribution in [1.82, 2.24) is 0 Å². The zero-order valence-electron chi connectivity index (χ0n) is 35.8. The number of carbonyl (C=O) groups is 5. The second-order valence-electron chi connectivity index (χ2n) is 13.2. The number of unbranched alkanes of at least 4 members (excludes halogenated alkanes) is 7. The SMILES string of the molecule is CCCCCC(CC)OC(=O)c1ccccc1O.CCCCCCCCOC(=O)C(=Cc1ccccc1)OC.CCOC(=O)CC(O)(CC(=O)OCC)C(=O)OCC. The van der Waals surface area contributed by atoms with E-state index in [4.69, 9.17) is 14.2 Å². The molecule has 2 aromatic rings. The number of rotatable bonds is 25. The van der Waals surface area contributed by atoms with E-state index in [1.807, 2.05) is 37.3 Å². The number of phenols is 1. The first-order valence-electron chi connectivity index (χ1n) is 20.5. The molecule has 0 aliphatic rings. The topological polar surface area (TPSA) is 181 Å². The van der Waals surface area contributed by atoms with E-state index < -0.39 is 48.3 Å². The first kappa shape index (κ1) is 53.1. The average molecular weight is 817 g/mol. The fourth-order valence-electron chi connectivity index (χ4n) is 5.22. The third-order valence-corrected chi connectivity index (χ3v) is 8.37. The van der Waals surface area contributed by atoms with Crippen LogP contribution in [0.4, 0.5) is 0 Å². The van der Waals surface area contributed by atoms with E-state index in [-0.39, 0.29) is 43.0 Å². The molecule has 0 aliphatic heterocycles. The lowest BCUT2D eigenvalue weighted by atomic mass is 9.95. The Morgan fingerprint density at radius 2 is 1.21 bits per heavy atom. The number of ether oxygens (including phenoxy) is 6. The van der Waals surface area contributed by atoms with Crippen LogP contribution in [0.25, 0.3) is 6.08 Å². The van der Waals surface area contributed by atoms with Crippen molar-refractivity contribution < 1.29 is 62.6 Å². The number of aliphatic hydroxyl groups is 1. The Morgan fingerprint density at radius 1 is 0.672 bits per heavy atom. The van der Waals surface area contributed by atoms with E-state index in [9.17, 15) is 34.2 Å². The number of phenolic OH excluding ortho intramolecular Hbond substituents is 1. The Balaban J connectivity index is 0.000000843. The van der Waals surface area contributed by atoms with Crippen molar-refractivity contribution in [2.24, 2.45) is 0 Å². The summed E-state index contributed by atoms with van der Waals surface area (Å²) in [7, 11) is 1.49. The Labute approximate surface area is 345 Å². The van der Waals surface area contributed by atoms with Gasteiger partial charge in [-0.25, -0.2) is 14.4 Å². The first-order chi connectivity index (χ1) is 27.8. The van der Waals surface area contributed by atoms with E-state index >= 15 is 0 Å². The van der Waals surface area contributed by atoms with Crippen LogP contribution in [0.15, 0.2) is 60.4 Å². The summed E-state index contributed by atoms with van der Waals surface area (Å²) >= 11 is 0. The highest BCUT2D eigenvalue weighted by molar-refractivity contribution is 5.92. The lowest BCUT2D eigenvalue weighted by molar-refractivity contribution is -0.177. The van der Waals surface area contributed by atoms with Crippen molar-refractivity contribution in [2.75, 3.05) is 33.5 Å². The predicted octanol–water partition coefficient (Wildman–Crippen LogP) is 8.67. The molecule has 0 heterocycles. The highest BCUT2D eigenvalue weighted by Gasteiger charge is 2.43. The molecule has 13 nitrogen and oxygen atoms in total. The summed E-state index contributed by atoms with van der Waals surface area (Å²) in [6.07, 6.45) is 12.5. The molecule has 2 rings (SSSR count). The lowest BCUT2D eigenvalue weighted by Crippen LogP contribution is -2.44. The maximum absolute atomic E-state index is 11.9. The largest absolute Gasteiger partial charge is 0.507 e. The number of para-hydroxylation sites is 1. The molecule has 0 bridgehead atoms. The summed E-state index contributed by atoms with van der Waals surface area (Å²) in [6.45, 7) is 11.8. The van der Waals surface area contributed by atoms with Gasteiger partial charge in [0.15, 0.2) is 5.60 Å². The Morgan fingerprint density at radius 3 is 1.74 bits per heavy atom. The van der Waals surface area contributed by atoms with Gasteiger partial charge in [0.1, 0.15) is 17.4 Å². The van der Waals surface area contributed by atoms with E-state index in [2.05, 4.69) is 28.1 Å². The second-order valence-corrected chi connectivity index (χ2v) is 13.2. The Hall–Kier alpha value is -4.91. The standard InChI is InChI=1S/C18H26O3.C15H22O3.C12H20O7/c1-3-4-5-6-7-11-14-21-18(19)17(20-2)15-16-12-9-8-10-13-16;1-3-5-6-9-12(4-2)18-15(17)13-10-7-8-11-14(13)16;1-4-17-9(13)7-12(16,11(15)19-6-3)8-10(14)18-5-2/h8-10,12-13,15H,3-7,11,14H2,1-2H3;7-8,10-12,16H,3-6,9H2,1-2H3;16H,4-8H2,1-3H3.